The Morgan fingerprint density at radius 2 is 1.82 bits per heavy atom. The highest BCUT2D eigenvalue weighted by Crippen LogP contribution is 2.17. The third kappa shape index (κ3) is 7.19. The summed E-state index contributed by atoms with van der Waals surface area (Å²) in [5.41, 5.74) is 2.69. The Bertz CT molecular complexity index is 587. The Morgan fingerprint density at radius 3 is 2.50 bits per heavy atom. The standard InChI is InChI=1S/C22H36N4O.HI/c1-3-23-22(26-14-11-21(17-26)18-27-2)24-15-19-7-9-20(10-8-19)16-25-12-5-4-6-13-25;/h7-10,21H,3-6,11-18H2,1-2H3,(H,23,24);1H. The zero-order valence-corrected chi connectivity index (χ0v) is 19.9. The number of methoxy groups -OCH3 is 1. The first-order valence-corrected chi connectivity index (χ1v) is 10.6. The number of likely N-dealkylation sites (tertiary alicyclic amines) is 2. The number of hydrogen-bond donors (Lipinski definition) is 1. The molecule has 2 saturated heterocycles. The fourth-order valence-electron chi connectivity index (χ4n) is 4.11. The van der Waals surface area contributed by atoms with Gasteiger partial charge in [0.1, 0.15) is 0 Å². The summed E-state index contributed by atoms with van der Waals surface area (Å²) in [6, 6.07) is 9.03. The van der Waals surface area contributed by atoms with Gasteiger partial charge in [0.2, 0.25) is 0 Å². The van der Waals surface area contributed by atoms with E-state index in [4.69, 9.17) is 9.73 Å². The summed E-state index contributed by atoms with van der Waals surface area (Å²) in [7, 11) is 1.79. The molecule has 1 aromatic carbocycles. The van der Waals surface area contributed by atoms with Crippen LogP contribution < -0.4 is 5.32 Å². The molecule has 0 amide bonds. The van der Waals surface area contributed by atoms with E-state index in [0.717, 1.165) is 45.3 Å². The maximum Gasteiger partial charge on any atom is 0.194 e. The van der Waals surface area contributed by atoms with Gasteiger partial charge in [0.15, 0.2) is 5.96 Å². The van der Waals surface area contributed by atoms with Crippen LogP contribution in [0.15, 0.2) is 29.3 Å². The van der Waals surface area contributed by atoms with Crippen LogP contribution in [0.2, 0.25) is 0 Å². The van der Waals surface area contributed by atoms with Crippen LogP contribution in [0.25, 0.3) is 0 Å². The molecule has 0 spiro atoms. The van der Waals surface area contributed by atoms with E-state index in [2.05, 4.69) is 46.3 Å². The van der Waals surface area contributed by atoms with E-state index >= 15 is 0 Å². The molecule has 0 aliphatic carbocycles. The predicted molar refractivity (Wildman–Crippen MR) is 127 cm³/mol. The minimum absolute atomic E-state index is 0. The minimum atomic E-state index is 0. The van der Waals surface area contributed by atoms with Gasteiger partial charge in [-0.05, 0) is 50.4 Å². The molecule has 2 aliphatic rings. The third-order valence-electron chi connectivity index (χ3n) is 5.61. The number of aliphatic imine (C=N–C) groups is 1. The van der Waals surface area contributed by atoms with Crippen LogP contribution in [0.4, 0.5) is 0 Å². The van der Waals surface area contributed by atoms with Gasteiger partial charge in [-0.2, -0.15) is 0 Å². The molecule has 5 nitrogen and oxygen atoms in total. The molecule has 0 radical (unpaired) electrons. The topological polar surface area (TPSA) is 40.1 Å². The van der Waals surface area contributed by atoms with E-state index in [1.165, 1.54) is 49.9 Å². The van der Waals surface area contributed by atoms with Crippen molar-refractivity contribution in [3.8, 4) is 0 Å². The summed E-state index contributed by atoms with van der Waals surface area (Å²) in [5.74, 6) is 1.65. The van der Waals surface area contributed by atoms with Crippen molar-refractivity contribution in [3.63, 3.8) is 0 Å². The summed E-state index contributed by atoms with van der Waals surface area (Å²) >= 11 is 0. The van der Waals surface area contributed by atoms with E-state index in [1.54, 1.807) is 7.11 Å². The molecular weight excluding hydrogens is 463 g/mol. The summed E-state index contributed by atoms with van der Waals surface area (Å²) in [5, 5.41) is 3.45. The van der Waals surface area contributed by atoms with Crippen LogP contribution in [-0.4, -0.2) is 62.2 Å². The average molecular weight is 500 g/mol. The van der Waals surface area contributed by atoms with Gasteiger partial charge >= 0.3 is 0 Å². The largest absolute Gasteiger partial charge is 0.384 e. The molecular formula is C22H37IN4O. The fourth-order valence-corrected chi connectivity index (χ4v) is 4.11. The number of halogens is 1. The normalized spacial score (nSPS) is 20.9. The number of guanidine groups is 1. The molecule has 3 rings (SSSR count). The van der Waals surface area contributed by atoms with Crippen LogP contribution >= 0.6 is 24.0 Å². The van der Waals surface area contributed by atoms with Crippen LogP contribution in [0.1, 0.15) is 43.7 Å². The number of ether oxygens (including phenoxy) is 1. The molecule has 2 fully saturated rings. The number of benzene rings is 1. The van der Waals surface area contributed by atoms with Crippen molar-refractivity contribution in [1.82, 2.24) is 15.1 Å². The SMILES string of the molecule is CCNC(=NCc1ccc(CN2CCCCC2)cc1)N1CCC(COC)C1.I. The molecule has 2 heterocycles. The monoisotopic (exact) mass is 500 g/mol. The number of hydrogen-bond acceptors (Lipinski definition) is 3. The Kier molecular flexibility index (Phi) is 10.6. The van der Waals surface area contributed by atoms with Crippen LogP contribution in [0, 0.1) is 5.92 Å². The van der Waals surface area contributed by atoms with Gasteiger partial charge < -0.3 is 15.0 Å². The second-order valence-corrected chi connectivity index (χ2v) is 7.88. The summed E-state index contributed by atoms with van der Waals surface area (Å²) in [4.78, 5) is 9.83. The van der Waals surface area contributed by atoms with Crippen LogP contribution in [0.3, 0.4) is 0 Å². The van der Waals surface area contributed by atoms with E-state index in [9.17, 15) is 0 Å². The molecule has 28 heavy (non-hydrogen) atoms. The highest BCUT2D eigenvalue weighted by Gasteiger charge is 2.24. The molecule has 158 valence electrons. The third-order valence-corrected chi connectivity index (χ3v) is 5.61. The fraction of sp³-hybridized carbons (Fsp3) is 0.682. The van der Waals surface area contributed by atoms with E-state index in [0.29, 0.717) is 5.92 Å². The molecule has 0 aromatic heterocycles. The van der Waals surface area contributed by atoms with Gasteiger partial charge in [0, 0.05) is 39.2 Å². The lowest BCUT2D eigenvalue weighted by atomic mass is 10.1. The van der Waals surface area contributed by atoms with Crippen molar-refractivity contribution in [2.24, 2.45) is 10.9 Å². The first kappa shape index (κ1) is 23.4. The van der Waals surface area contributed by atoms with Crippen molar-refractivity contribution in [2.45, 2.75) is 45.7 Å². The molecule has 6 heteroatoms. The molecule has 1 atom stereocenters. The first-order chi connectivity index (χ1) is 13.3. The van der Waals surface area contributed by atoms with Gasteiger partial charge in [0.25, 0.3) is 0 Å². The lowest BCUT2D eigenvalue weighted by Gasteiger charge is -2.26. The predicted octanol–water partition coefficient (Wildman–Crippen LogP) is 3.72. The highest BCUT2D eigenvalue weighted by atomic mass is 127. The zero-order valence-electron chi connectivity index (χ0n) is 17.5. The Morgan fingerprint density at radius 1 is 1.11 bits per heavy atom. The van der Waals surface area contributed by atoms with Gasteiger partial charge in [-0.15, -0.1) is 24.0 Å². The Balaban J connectivity index is 0.00000280. The van der Waals surface area contributed by atoms with Crippen LogP contribution in [0.5, 0.6) is 0 Å². The summed E-state index contributed by atoms with van der Waals surface area (Å²) < 4.78 is 5.32. The number of rotatable bonds is 7. The minimum Gasteiger partial charge on any atom is -0.384 e. The number of piperidine rings is 1. The molecule has 1 N–H and O–H groups in total. The van der Waals surface area contributed by atoms with Gasteiger partial charge in [-0.25, -0.2) is 4.99 Å². The van der Waals surface area contributed by atoms with Crippen molar-refractivity contribution in [1.29, 1.82) is 0 Å². The Labute approximate surface area is 187 Å². The van der Waals surface area contributed by atoms with Crippen molar-refractivity contribution < 1.29 is 4.74 Å². The number of nitrogens with zero attached hydrogens (tertiary/aromatic N) is 3. The second kappa shape index (κ2) is 12.6. The number of nitrogens with one attached hydrogen (secondary N) is 1. The molecule has 1 aromatic rings. The average Bonchev–Trinajstić information content (AvgIpc) is 3.16. The van der Waals surface area contributed by atoms with Crippen molar-refractivity contribution >= 4 is 29.9 Å². The zero-order chi connectivity index (χ0) is 18.9. The molecule has 0 bridgehead atoms. The van der Waals surface area contributed by atoms with Gasteiger partial charge in [0.05, 0.1) is 13.2 Å². The van der Waals surface area contributed by atoms with Gasteiger partial charge in [-0.3, -0.25) is 4.90 Å². The van der Waals surface area contributed by atoms with Gasteiger partial charge in [-0.1, -0.05) is 30.7 Å². The lowest BCUT2D eigenvalue weighted by molar-refractivity contribution is 0.157. The second-order valence-electron chi connectivity index (χ2n) is 7.88. The van der Waals surface area contributed by atoms with E-state index < -0.39 is 0 Å². The molecule has 2 aliphatic heterocycles. The Hall–Kier alpha value is -0.860. The van der Waals surface area contributed by atoms with E-state index in [-0.39, 0.29) is 24.0 Å². The highest BCUT2D eigenvalue weighted by molar-refractivity contribution is 14.0. The first-order valence-electron chi connectivity index (χ1n) is 10.6. The molecule has 0 saturated carbocycles. The summed E-state index contributed by atoms with van der Waals surface area (Å²) in [6.07, 6.45) is 5.28. The quantitative estimate of drug-likeness (QED) is 0.352. The van der Waals surface area contributed by atoms with Crippen molar-refractivity contribution in [2.75, 3.05) is 46.4 Å². The van der Waals surface area contributed by atoms with E-state index in [1.807, 2.05) is 0 Å². The maximum absolute atomic E-state index is 5.32. The smallest absolute Gasteiger partial charge is 0.194 e. The molecule has 1 unspecified atom stereocenters. The maximum atomic E-state index is 5.32. The van der Waals surface area contributed by atoms with Crippen LogP contribution in [-0.2, 0) is 17.8 Å². The summed E-state index contributed by atoms with van der Waals surface area (Å²) in [6.45, 7) is 10.3. The van der Waals surface area contributed by atoms with Crippen molar-refractivity contribution in [3.05, 3.63) is 35.4 Å². The lowest BCUT2D eigenvalue weighted by Crippen LogP contribution is -2.40.